The summed E-state index contributed by atoms with van der Waals surface area (Å²) in [6.45, 7) is 4.10. The molecule has 0 saturated carbocycles. The van der Waals surface area contributed by atoms with Gasteiger partial charge < -0.3 is 4.74 Å². The smallest absolute Gasteiger partial charge is 0.310 e. The van der Waals surface area contributed by atoms with E-state index in [9.17, 15) is 4.79 Å². The summed E-state index contributed by atoms with van der Waals surface area (Å²) in [5.41, 5.74) is 2.52. The van der Waals surface area contributed by atoms with Crippen LogP contribution in [0.25, 0.3) is 0 Å². The van der Waals surface area contributed by atoms with E-state index in [1.54, 1.807) is 11.8 Å². The van der Waals surface area contributed by atoms with E-state index < -0.39 is 4.93 Å². The molecule has 1 fully saturated rings. The van der Waals surface area contributed by atoms with Crippen LogP contribution in [0.5, 0.6) is 0 Å². The molecule has 2 aromatic carbocycles. The lowest BCUT2D eigenvalue weighted by Crippen LogP contribution is -2.18. The van der Waals surface area contributed by atoms with Gasteiger partial charge in [-0.25, -0.2) is 0 Å². The molecule has 0 bridgehead atoms. The van der Waals surface area contributed by atoms with Gasteiger partial charge in [0.2, 0.25) is 0 Å². The summed E-state index contributed by atoms with van der Waals surface area (Å²) in [7, 11) is 0. The van der Waals surface area contributed by atoms with Crippen LogP contribution in [0.2, 0.25) is 0 Å². The fraction of sp³-hybridized carbons (Fsp3) is 0.350. The number of rotatable bonds is 5. The molecule has 1 aliphatic rings. The normalized spacial score (nSPS) is 23.7. The van der Waals surface area contributed by atoms with Gasteiger partial charge >= 0.3 is 5.97 Å². The summed E-state index contributed by atoms with van der Waals surface area (Å²) >= 11 is 1.65. The standard InChI is InChI=1S/C20H22O2S/c1-15-8-12-18(13-9-15)23-20(2)14-17(19(21)22-20)11-10-16-6-4-3-5-7-16/h3-9,12-13,17H,10-11,14H2,1-2H3/t17-,20+/m1/s1. The molecule has 0 amide bonds. The molecule has 0 aromatic heterocycles. The van der Waals surface area contributed by atoms with Crippen molar-refractivity contribution in [2.75, 3.05) is 0 Å². The maximum Gasteiger partial charge on any atom is 0.310 e. The molecular formula is C20H22O2S. The Hall–Kier alpha value is -1.74. The first-order valence-corrected chi connectivity index (χ1v) is 8.88. The molecule has 2 nitrogen and oxygen atoms in total. The van der Waals surface area contributed by atoms with Crippen LogP contribution in [0.4, 0.5) is 0 Å². The number of esters is 1. The van der Waals surface area contributed by atoms with Crippen molar-refractivity contribution in [3.05, 3.63) is 65.7 Å². The number of thioether (sulfide) groups is 1. The number of carbonyl (C=O) groups excluding carboxylic acids is 1. The highest BCUT2D eigenvalue weighted by molar-refractivity contribution is 8.00. The zero-order valence-corrected chi connectivity index (χ0v) is 14.4. The second-order valence-corrected chi connectivity index (χ2v) is 7.93. The zero-order chi connectivity index (χ0) is 16.3. The van der Waals surface area contributed by atoms with Gasteiger partial charge in [-0.15, -0.1) is 0 Å². The van der Waals surface area contributed by atoms with Gasteiger partial charge in [-0.05, 0) is 44.4 Å². The first-order valence-electron chi connectivity index (χ1n) is 8.06. The highest BCUT2D eigenvalue weighted by atomic mass is 32.2. The van der Waals surface area contributed by atoms with Gasteiger partial charge in [0.1, 0.15) is 0 Å². The Labute approximate surface area is 142 Å². The molecule has 3 rings (SSSR count). The molecule has 0 aliphatic carbocycles. The fourth-order valence-corrected chi connectivity index (χ4v) is 4.17. The van der Waals surface area contributed by atoms with E-state index in [-0.39, 0.29) is 11.9 Å². The Morgan fingerprint density at radius 3 is 2.52 bits per heavy atom. The van der Waals surface area contributed by atoms with Gasteiger partial charge in [0.25, 0.3) is 0 Å². The van der Waals surface area contributed by atoms with Gasteiger partial charge in [-0.1, -0.05) is 59.8 Å². The van der Waals surface area contributed by atoms with Crippen LogP contribution in [0.3, 0.4) is 0 Å². The Morgan fingerprint density at radius 2 is 1.83 bits per heavy atom. The highest BCUT2D eigenvalue weighted by Crippen LogP contribution is 2.44. The molecule has 3 heteroatoms. The zero-order valence-electron chi connectivity index (χ0n) is 13.6. The third-order valence-electron chi connectivity index (χ3n) is 4.25. The molecule has 23 heavy (non-hydrogen) atoms. The van der Waals surface area contributed by atoms with Crippen molar-refractivity contribution >= 4 is 17.7 Å². The number of hydrogen-bond acceptors (Lipinski definition) is 3. The topological polar surface area (TPSA) is 26.3 Å². The van der Waals surface area contributed by atoms with Crippen LogP contribution in [0, 0.1) is 12.8 Å². The SMILES string of the molecule is Cc1ccc(S[C@@]2(C)C[C@@H](CCc3ccccc3)C(=O)O2)cc1. The number of cyclic esters (lactones) is 1. The fourth-order valence-electron chi connectivity index (χ4n) is 2.99. The van der Waals surface area contributed by atoms with E-state index in [4.69, 9.17) is 4.74 Å². The quantitative estimate of drug-likeness (QED) is 0.723. The van der Waals surface area contributed by atoms with Crippen molar-refractivity contribution in [2.24, 2.45) is 5.92 Å². The second-order valence-electron chi connectivity index (χ2n) is 6.40. The van der Waals surface area contributed by atoms with E-state index in [0.29, 0.717) is 0 Å². The van der Waals surface area contributed by atoms with Crippen molar-refractivity contribution in [2.45, 2.75) is 42.9 Å². The largest absolute Gasteiger partial charge is 0.448 e. The predicted octanol–water partition coefficient (Wildman–Crippen LogP) is 5.00. The Morgan fingerprint density at radius 1 is 1.13 bits per heavy atom. The average Bonchev–Trinajstić information content (AvgIpc) is 2.83. The minimum absolute atomic E-state index is 0.00171. The molecule has 0 spiro atoms. The van der Waals surface area contributed by atoms with Crippen LogP contribution in [-0.2, 0) is 16.0 Å². The highest BCUT2D eigenvalue weighted by Gasteiger charge is 2.43. The Kier molecular flexibility index (Phi) is 4.76. The number of benzene rings is 2. The third kappa shape index (κ3) is 4.17. The van der Waals surface area contributed by atoms with Crippen LogP contribution in [-0.4, -0.2) is 10.9 Å². The summed E-state index contributed by atoms with van der Waals surface area (Å²) < 4.78 is 5.71. The number of ether oxygens (including phenoxy) is 1. The molecule has 1 heterocycles. The van der Waals surface area contributed by atoms with Crippen LogP contribution >= 0.6 is 11.8 Å². The molecule has 1 aliphatic heterocycles. The minimum Gasteiger partial charge on any atom is -0.448 e. The lowest BCUT2D eigenvalue weighted by molar-refractivity contribution is -0.145. The molecule has 0 unspecified atom stereocenters. The Bertz CT molecular complexity index is 666. The first-order chi connectivity index (χ1) is 11.0. The van der Waals surface area contributed by atoms with E-state index in [1.807, 2.05) is 25.1 Å². The molecular weight excluding hydrogens is 304 g/mol. The number of hydrogen-bond donors (Lipinski definition) is 0. The summed E-state index contributed by atoms with van der Waals surface area (Å²) in [6, 6.07) is 18.7. The predicted molar refractivity (Wildman–Crippen MR) is 94.4 cm³/mol. The van der Waals surface area contributed by atoms with Gasteiger partial charge in [0, 0.05) is 11.3 Å². The summed E-state index contributed by atoms with van der Waals surface area (Å²) in [6.07, 6.45) is 2.55. The van der Waals surface area contributed by atoms with Crippen molar-refractivity contribution < 1.29 is 9.53 Å². The minimum atomic E-state index is -0.451. The summed E-state index contributed by atoms with van der Waals surface area (Å²) in [5.74, 6) is -0.0544. The maximum absolute atomic E-state index is 12.2. The lowest BCUT2D eigenvalue weighted by atomic mass is 9.96. The lowest BCUT2D eigenvalue weighted by Gasteiger charge is -2.21. The molecule has 120 valence electrons. The van der Waals surface area contributed by atoms with Gasteiger partial charge in [-0.2, -0.15) is 0 Å². The Balaban J connectivity index is 1.60. The van der Waals surface area contributed by atoms with Gasteiger partial charge in [-0.3, -0.25) is 4.79 Å². The maximum atomic E-state index is 12.2. The van der Waals surface area contributed by atoms with Gasteiger partial charge in [0.05, 0.1) is 5.92 Å². The van der Waals surface area contributed by atoms with E-state index >= 15 is 0 Å². The molecule has 2 atom stereocenters. The van der Waals surface area contributed by atoms with Crippen LogP contribution < -0.4 is 0 Å². The molecule has 0 N–H and O–H groups in total. The van der Waals surface area contributed by atoms with Crippen LogP contribution in [0.15, 0.2) is 59.5 Å². The second kappa shape index (κ2) is 6.79. The van der Waals surface area contributed by atoms with Crippen molar-refractivity contribution in [1.82, 2.24) is 0 Å². The van der Waals surface area contributed by atoms with Crippen LogP contribution in [0.1, 0.15) is 30.9 Å². The van der Waals surface area contributed by atoms with E-state index in [1.165, 1.54) is 11.1 Å². The molecule has 2 aromatic rings. The van der Waals surface area contributed by atoms with Crippen molar-refractivity contribution in [3.63, 3.8) is 0 Å². The van der Waals surface area contributed by atoms with E-state index in [0.717, 1.165) is 24.2 Å². The molecule has 1 saturated heterocycles. The number of aryl methyl sites for hydroxylation is 2. The number of carbonyl (C=O) groups is 1. The first kappa shape index (κ1) is 16.1. The van der Waals surface area contributed by atoms with Gasteiger partial charge in [0.15, 0.2) is 4.93 Å². The van der Waals surface area contributed by atoms with E-state index in [2.05, 4.69) is 43.3 Å². The molecule has 0 radical (unpaired) electrons. The summed E-state index contributed by atoms with van der Waals surface area (Å²) in [4.78, 5) is 12.9. The average molecular weight is 326 g/mol. The van der Waals surface area contributed by atoms with Crippen molar-refractivity contribution in [3.8, 4) is 0 Å². The van der Waals surface area contributed by atoms with Crippen molar-refractivity contribution in [1.29, 1.82) is 0 Å². The summed E-state index contributed by atoms with van der Waals surface area (Å²) in [5, 5.41) is 0. The monoisotopic (exact) mass is 326 g/mol. The third-order valence-corrected chi connectivity index (χ3v) is 5.44.